The summed E-state index contributed by atoms with van der Waals surface area (Å²) in [5.74, 6) is -0.341. The Hall–Kier alpha value is -1.92. The van der Waals surface area contributed by atoms with Crippen molar-refractivity contribution in [2.24, 2.45) is 5.73 Å². The fourth-order valence-electron chi connectivity index (χ4n) is 1.79. The Morgan fingerprint density at radius 3 is 2.58 bits per heavy atom. The highest BCUT2D eigenvalue weighted by atomic mass is 32.1. The van der Waals surface area contributed by atoms with Crippen LogP contribution in [0.5, 0.6) is 0 Å². The second-order valence-corrected chi connectivity index (χ2v) is 5.26. The van der Waals surface area contributed by atoms with Gasteiger partial charge in [-0.2, -0.15) is 0 Å². The van der Waals surface area contributed by atoms with Gasteiger partial charge < -0.3 is 11.5 Å². The Bertz CT molecular complexity index is 524. The molecule has 0 unspecified atom stereocenters. The number of hydrogen-bond donors (Lipinski definition) is 2. The predicted molar refractivity (Wildman–Crippen MR) is 76.3 cm³/mol. The number of aromatic nitrogens is 1. The highest BCUT2D eigenvalue weighted by molar-refractivity contribution is 7.09. The molecule has 19 heavy (non-hydrogen) atoms. The standard InChI is InChI=1S/C13H16N4OS/c14-11-3-1-10(2-4-11)7-17(8-12(15)18)9-13-16-5-6-19-13/h1-6H,7-9,14H2,(H2,15,18). The van der Waals surface area contributed by atoms with Crippen LogP contribution in [-0.4, -0.2) is 22.3 Å². The predicted octanol–water partition coefficient (Wildman–Crippen LogP) is 1.21. The largest absolute Gasteiger partial charge is 0.399 e. The minimum atomic E-state index is -0.341. The second-order valence-electron chi connectivity index (χ2n) is 4.28. The molecular weight excluding hydrogens is 260 g/mol. The zero-order valence-corrected chi connectivity index (χ0v) is 11.3. The lowest BCUT2D eigenvalue weighted by Crippen LogP contribution is -2.33. The molecule has 0 saturated heterocycles. The molecule has 5 nitrogen and oxygen atoms in total. The molecular formula is C13H16N4OS. The van der Waals surface area contributed by atoms with E-state index in [-0.39, 0.29) is 12.5 Å². The SMILES string of the molecule is NC(=O)CN(Cc1ccc(N)cc1)Cc1nccs1. The van der Waals surface area contributed by atoms with Gasteiger partial charge in [-0.05, 0) is 17.7 Å². The molecule has 0 aliphatic heterocycles. The fraction of sp³-hybridized carbons (Fsp3) is 0.231. The first-order valence-corrected chi connectivity index (χ1v) is 6.75. The molecule has 0 aliphatic carbocycles. The minimum Gasteiger partial charge on any atom is -0.399 e. The molecule has 2 aromatic rings. The number of benzene rings is 1. The van der Waals surface area contributed by atoms with E-state index >= 15 is 0 Å². The summed E-state index contributed by atoms with van der Waals surface area (Å²) in [6.45, 7) is 1.47. The first kappa shape index (κ1) is 13.5. The van der Waals surface area contributed by atoms with Crippen LogP contribution in [0.15, 0.2) is 35.8 Å². The maximum atomic E-state index is 11.1. The monoisotopic (exact) mass is 276 g/mol. The van der Waals surface area contributed by atoms with Crippen molar-refractivity contribution < 1.29 is 4.79 Å². The van der Waals surface area contributed by atoms with E-state index in [1.807, 2.05) is 34.5 Å². The average Bonchev–Trinajstić information content (AvgIpc) is 2.84. The lowest BCUT2D eigenvalue weighted by Gasteiger charge is -2.19. The van der Waals surface area contributed by atoms with Crippen LogP contribution >= 0.6 is 11.3 Å². The van der Waals surface area contributed by atoms with E-state index in [0.717, 1.165) is 16.3 Å². The molecule has 0 aliphatic rings. The summed E-state index contributed by atoms with van der Waals surface area (Å²) >= 11 is 1.57. The number of thiazole rings is 1. The van der Waals surface area contributed by atoms with Crippen LogP contribution < -0.4 is 11.5 Å². The van der Waals surface area contributed by atoms with Gasteiger partial charge in [-0.25, -0.2) is 4.98 Å². The topological polar surface area (TPSA) is 85.2 Å². The van der Waals surface area contributed by atoms with Gasteiger partial charge in [-0.15, -0.1) is 11.3 Å². The number of anilines is 1. The van der Waals surface area contributed by atoms with E-state index in [2.05, 4.69) is 4.98 Å². The van der Waals surface area contributed by atoms with Crippen LogP contribution in [0.3, 0.4) is 0 Å². The summed E-state index contributed by atoms with van der Waals surface area (Å²) in [5.41, 5.74) is 12.8. The molecule has 100 valence electrons. The summed E-state index contributed by atoms with van der Waals surface area (Å²) in [6, 6.07) is 7.60. The third-order valence-corrected chi connectivity index (χ3v) is 3.37. The lowest BCUT2D eigenvalue weighted by atomic mass is 10.2. The molecule has 1 heterocycles. The van der Waals surface area contributed by atoms with Crippen LogP contribution in [0.2, 0.25) is 0 Å². The van der Waals surface area contributed by atoms with Gasteiger partial charge in [-0.3, -0.25) is 9.69 Å². The number of amides is 1. The maximum Gasteiger partial charge on any atom is 0.231 e. The normalized spacial score (nSPS) is 10.8. The Labute approximate surface area is 115 Å². The molecule has 0 saturated carbocycles. The number of carbonyl (C=O) groups excluding carboxylic acids is 1. The van der Waals surface area contributed by atoms with Crippen molar-refractivity contribution in [3.63, 3.8) is 0 Å². The van der Waals surface area contributed by atoms with Gasteiger partial charge in [0.2, 0.25) is 5.91 Å². The van der Waals surface area contributed by atoms with Crippen molar-refractivity contribution in [1.82, 2.24) is 9.88 Å². The lowest BCUT2D eigenvalue weighted by molar-refractivity contribution is -0.119. The van der Waals surface area contributed by atoms with Crippen molar-refractivity contribution >= 4 is 22.9 Å². The minimum absolute atomic E-state index is 0.212. The number of rotatable bonds is 6. The molecule has 0 radical (unpaired) electrons. The summed E-state index contributed by atoms with van der Waals surface area (Å²) in [7, 11) is 0. The van der Waals surface area contributed by atoms with E-state index < -0.39 is 0 Å². The van der Waals surface area contributed by atoms with Crippen LogP contribution in [0, 0.1) is 0 Å². The molecule has 6 heteroatoms. The molecule has 0 spiro atoms. The highest BCUT2D eigenvalue weighted by Crippen LogP contribution is 2.13. The number of primary amides is 1. The Morgan fingerprint density at radius 1 is 1.26 bits per heavy atom. The molecule has 4 N–H and O–H groups in total. The van der Waals surface area contributed by atoms with E-state index in [0.29, 0.717) is 13.1 Å². The van der Waals surface area contributed by atoms with Crippen LogP contribution in [0.4, 0.5) is 5.69 Å². The molecule has 1 aromatic heterocycles. The molecule has 0 atom stereocenters. The van der Waals surface area contributed by atoms with Crippen molar-refractivity contribution in [2.45, 2.75) is 13.1 Å². The third kappa shape index (κ3) is 4.35. The number of nitrogens with zero attached hydrogens (tertiary/aromatic N) is 2. The maximum absolute atomic E-state index is 11.1. The average molecular weight is 276 g/mol. The van der Waals surface area contributed by atoms with Crippen LogP contribution in [-0.2, 0) is 17.9 Å². The zero-order valence-electron chi connectivity index (χ0n) is 10.5. The number of hydrogen-bond acceptors (Lipinski definition) is 5. The van der Waals surface area contributed by atoms with Crippen molar-refractivity contribution in [2.75, 3.05) is 12.3 Å². The van der Waals surface area contributed by atoms with Crippen LogP contribution in [0.25, 0.3) is 0 Å². The first-order chi connectivity index (χ1) is 9.13. The number of nitrogen functional groups attached to an aromatic ring is 1. The molecule has 2 rings (SSSR count). The van der Waals surface area contributed by atoms with Crippen molar-refractivity contribution in [1.29, 1.82) is 0 Å². The summed E-state index contributed by atoms with van der Waals surface area (Å²) in [4.78, 5) is 17.3. The summed E-state index contributed by atoms with van der Waals surface area (Å²) < 4.78 is 0. The van der Waals surface area contributed by atoms with E-state index in [1.165, 1.54) is 0 Å². The third-order valence-electron chi connectivity index (χ3n) is 2.61. The fourth-order valence-corrected chi connectivity index (χ4v) is 2.45. The first-order valence-electron chi connectivity index (χ1n) is 5.87. The van der Waals surface area contributed by atoms with Gasteiger partial charge in [0.25, 0.3) is 0 Å². The quantitative estimate of drug-likeness (QED) is 0.777. The zero-order chi connectivity index (χ0) is 13.7. The van der Waals surface area contributed by atoms with E-state index in [9.17, 15) is 4.79 Å². The summed E-state index contributed by atoms with van der Waals surface area (Å²) in [6.07, 6.45) is 1.76. The summed E-state index contributed by atoms with van der Waals surface area (Å²) in [5, 5.41) is 2.89. The van der Waals surface area contributed by atoms with Gasteiger partial charge in [-0.1, -0.05) is 12.1 Å². The van der Waals surface area contributed by atoms with Gasteiger partial charge >= 0.3 is 0 Å². The molecule has 1 amide bonds. The van der Waals surface area contributed by atoms with Gasteiger partial charge in [0.1, 0.15) is 5.01 Å². The second kappa shape index (κ2) is 6.31. The Balaban J connectivity index is 2.04. The smallest absolute Gasteiger partial charge is 0.231 e. The van der Waals surface area contributed by atoms with Crippen LogP contribution in [0.1, 0.15) is 10.6 Å². The van der Waals surface area contributed by atoms with Gasteiger partial charge in [0, 0.05) is 23.8 Å². The van der Waals surface area contributed by atoms with Gasteiger partial charge in [0.05, 0.1) is 13.1 Å². The highest BCUT2D eigenvalue weighted by Gasteiger charge is 2.11. The Kier molecular flexibility index (Phi) is 4.48. The van der Waals surface area contributed by atoms with E-state index in [1.54, 1.807) is 17.5 Å². The van der Waals surface area contributed by atoms with Crippen molar-refractivity contribution in [3.8, 4) is 0 Å². The number of carbonyl (C=O) groups is 1. The van der Waals surface area contributed by atoms with E-state index in [4.69, 9.17) is 11.5 Å². The van der Waals surface area contributed by atoms with Gasteiger partial charge in [0.15, 0.2) is 0 Å². The van der Waals surface area contributed by atoms with Crippen molar-refractivity contribution in [3.05, 3.63) is 46.4 Å². The number of nitrogens with two attached hydrogens (primary N) is 2. The molecule has 0 bridgehead atoms. The Morgan fingerprint density at radius 2 is 2.00 bits per heavy atom. The molecule has 0 fully saturated rings. The molecule has 1 aromatic carbocycles.